The van der Waals surface area contributed by atoms with Crippen molar-refractivity contribution in [2.45, 2.75) is 36.8 Å². The highest BCUT2D eigenvalue weighted by atomic mass is 16.7. The van der Waals surface area contributed by atoms with Crippen LogP contribution in [0.5, 0.6) is 11.5 Å². The van der Waals surface area contributed by atoms with E-state index in [0.29, 0.717) is 23.3 Å². The summed E-state index contributed by atoms with van der Waals surface area (Å²) in [6, 6.07) is 4.92. The molecule has 1 heterocycles. The molecule has 1 aromatic rings. The van der Waals surface area contributed by atoms with Crippen molar-refractivity contribution in [3.63, 3.8) is 0 Å². The number of carbonyl (C=O) groups excluding carboxylic acids is 1. The van der Waals surface area contributed by atoms with Gasteiger partial charge in [-0.05, 0) is 23.8 Å². The summed E-state index contributed by atoms with van der Waals surface area (Å²) < 4.78 is 21.6. The van der Waals surface area contributed by atoms with Crippen LogP contribution in [0.3, 0.4) is 0 Å². The van der Waals surface area contributed by atoms with E-state index in [1.54, 1.807) is 24.3 Å². The number of benzene rings is 1. The van der Waals surface area contributed by atoms with Crippen LogP contribution in [0.2, 0.25) is 0 Å². The maximum Gasteiger partial charge on any atom is 0.186 e. The van der Waals surface area contributed by atoms with Crippen LogP contribution in [0, 0.1) is 0 Å². The molecule has 1 aliphatic rings. The summed E-state index contributed by atoms with van der Waals surface area (Å²) in [4.78, 5) is 10.4. The molecule has 0 amide bonds. The van der Waals surface area contributed by atoms with Crippen molar-refractivity contribution in [3.05, 3.63) is 29.8 Å². The molecule has 29 heavy (non-hydrogen) atoms. The molecule has 162 valence electrons. The van der Waals surface area contributed by atoms with Crippen LogP contribution in [0.15, 0.2) is 24.3 Å². The number of aldehydes is 1. The van der Waals surface area contributed by atoms with Crippen molar-refractivity contribution in [2.75, 3.05) is 26.9 Å². The van der Waals surface area contributed by atoms with Crippen molar-refractivity contribution >= 4 is 12.4 Å². The Morgan fingerprint density at radius 1 is 1.14 bits per heavy atom. The molecule has 0 spiro atoms. The molecule has 2 rings (SSSR count). The molecular weight excluding hydrogens is 388 g/mol. The van der Waals surface area contributed by atoms with Gasteiger partial charge in [-0.2, -0.15) is 0 Å². The molecule has 6 atom stereocenters. The third-order valence-corrected chi connectivity index (χ3v) is 4.35. The molecule has 1 unspecified atom stereocenters. The van der Waals surface area contributed by atoms with Gasteiger partial charge in [-0.15, -0.1) is 0 Å². The fourth-order valence-corrected chi connectivity index (χ4v) is 2.75. The zero-order valence-electron chi connectivity index (χ0n) is 15.8. The van der Waals surface area contributed by atoms with E-state index in [0.717, 1.165) is 0 Å². The van der Waals surface area contributed by atoms with Crippen LogP contribution in [0.4, 0.5) is 0 Å². The van der Waals surface area contributed by atoms with E-state index in [1.807, 2.05) is 0 Å². The average molecular weight is 414 g/mol. The number of hydrogen-bond acceptors (Lipinski definition) is 10. The molecule has 0 radical (unpaired) electrons. The van der Waals surface area contributed by atoms with Crippen molar-refractivity contribution < 1.29 is 49.3 Å². The number of hydrogen-bond donors (Lipinski definition) is 5. The molecule has 1 aromatic carbocycles. The maximum absolute atomic E-state index is 10.4. The van der Waals surface area contributed by atoms with Crippen LogP contribution >= 0.6 is 0 Å². The van der Waals surface area contributed by atoms with Crippen molar-refractivity contribution in [3.8, 4) is 11.5 Å². The highest BCUT2D eigenvalue weighted by molar-refractivity contribution is 5.74. The first-order chi connectivity index (χ1) is 13.9. The van der Waals surface area contributed by atoms with Crippen LogP contribution in [-0.2, 0) is 14.3 Å². The SMILES string of the molecule is COc1cc(/C=C/C=O)ccc1OC(CO)CO[C@@H]1O[C@H](CO)[C@@H](O)[C@H](O)[C@H]1O. The number of rotatable bonds is 10. The number of ether oxygens (including phenoxy) is 4. The zero-order valence-corrected chi connectivity index (χ0v) is 15.8. The Labute approximate surface area is 167 Å². The lowest BCUT2D eigenvalue weighted by molar-refractivity contribution is -0.304. The van der Waals surface area contributed by atoms with E-state index in [4.69, 9.17) is 18.9 Å². The first-order valence-electron chi connectivity index (χ1n) is 8.94. The lowest BCUT2D eigenvalue weighted by atomic mass is 9.99. The van der Waals surface area contributed by atoms with Gasteiger partial charge in [0.1, 0.15) is 36.8 Å². The Morgan fingerprint density at radius 2 is 1.90 bits per heavy atom. The van der Waals surface area contributed by atoms with Gasteiger partial charge in [-0.25, -0.2) is 0 Å². The molecule has 0 aromatic heterocycles. The normalized spacial score (nSPS) is 28.3. The molecule has 5 N–H and O–H groups in total. The second kappa shape index (κ2) is 11.2. The number of allylic oxidation sites excluding steroid dienone is 1. The number of aliphatic hydroxyl groups is 5. The Bertz CT molecular complexity index is 677. The smallest absolute Gasteiger partial charge is 0.186 e. The van der Waals surface area contributed by atoms with Crippen LogP contribution in [0.25, 0.3) is 6.08 Å². The Morgan fingerprint density at radius 3 is 2.52 bits per heavy atom. The minimum Gasteiger partial charge on any atom is -0.493 e. The minimum absolute atomic E-state index is 0.227. The Hall–Kier alpha value is -2.05. The molecule has 1 saturated heterocycles. The van der Waals surface area contributed by atoms with E-state index in [1.165, 1.54) is 13.2 Å². The second-order valence-electron chi connectivity index (χ2n) is 6.36. The topological polar surface area (TPSA) is 155 Å². The summed E-state index contributed by atoms with van der Waals surface area (Å²) >= 11 is 0. The van der Waals surface area contributed by atoms with Gasteiger partial charge >= 0.3 is 0 Å². The molecule has 10 nitrogen and oxygen atoms in total. The predicted octanol–water partition coefficient (Wildman–Crippen LogP) is -1.54. The highest BCUT2D eigenvalue weighted by Gasteiger charge is 2.44. The second-order valence-corrected chi connectivity index (χ2v) is 6.36. The van der Waals surface area contributed by atoms with Gasteiger partial charge in [-0.3, -0.25) is 4.79 Å². The van der Waals surface area contributed by atoms with Gasteiger partial charge in [0.25, 0.3) is 0 Å². The van der Waals surface area contributed by atoms with Crippen LogP contribution in [0.1, 0.15) is 5.56 Å². The van der Waals surface area contributed by atoms with Gasteiger partial charge in [-0.1, -0.05) is 12.1 Å². The summed E-state index contributed by atoms with van der Waals surface area (Å²) in [5.41, 5.74) is 0.708. The van der Waals surface area contributed by atoms with Crippen molar-refractivity contribution in [1.82, 2.24) is 0 Å². The molecule has 0 saturated carbocycles. The summed E-state index contributed by atoms with van der Waals surface area (Å²) in [5, 5.41) is 48.3. The lowest BCUT2D eigenvalue weighted by Crippen LogP contribution is -2.59. The first kappa shape index (κ1) is 23.2. The monoisotopic (exact) mass is 414 g/mol. The molecule has 1 fully saturated rings. The van der Waals surface area contributed by atoms with E-state index in [9.17, 15) is 30.3 Å². The summed E-state index contributed by atoms with van der Waals surface area (Å²) in [6.07, 6.45) is -4.33. The third kappa shape index (κ3) is 5.97. The number of aliphatic hydroxyl groups excluding tert-OH is 5. The van der Waals surface area contributed by atoms with Gasteiger partial charge in [0.05, 0.1) is 26.9 Å². The van der Waals surface area contributed by atoms with Crippen molar-refractivity contribution in [1.29, 1.82) is 0 Å². The lowest BCUT2D eigenvalue weighted by Gasteiger charge is -2.39. The number of carbonyl (C=O) groups is 1. The largest absolute Gasteiger partial charge is 0.493 e. The fourth-order valence-electron chi connectivity index (χ4n) is 2.75. The highest BCUT2D eigenvalue weighted by Crippen LogP contribution is 2.30. The van der Waals surface area contributed by atoms with Gasteiger partial charge in [0.2, 0.25) is 0 Å². The molecule has 0 aliphatic carbocycles. The predicted molar refractivity (Wildman–Crippen MR) is 99.3 cm³/mol. The standard InChI is InChI=1S/C19H26O10/c1-26-14-7-11(3-2-6-20)4-5-13(14)28-12(8-21)10-27-19-18(25)17(24)16(23)15(9-22)29-19/h2-7,12,15-19,21-25H,8-10H2,1H3/b3-2+/t12?,15-,16-,17+,18-,19-/m1/s1. The van der Waals surface area contributed by atoms with Gasteiger partial charge in [0.15, 0.2) is 17.8 Å². The van der Waals surface area contributed by atoms with E-state index < -0.39 is 50.0 Å². The van der Waals surface area contributed by atoms with E-state index in [-0.39, 0.29) is 6.61 Å². The average Bonchev–Trinajstić information content (AvgIpc) is 2.75. The molecule has 1 aliphatic heterocycles. The number of methoxy groups -OCH3 is 1. The summed E-state index contributed by atoms with van der Waals surface area (Å²) in [6.45, 7) is -1.24. The Balaban J connectivity index is 2.01. The fraction of sp³-hybridized carbons (Fsp3) is 0.526. The van der Waals surface area contributed by atoms with E-state index >= 15 is 0 Å². The quantitative estimate of drug-likeness (QED) is 0.225. The van der Waals surface area contributed by atoms with Gasteiger partial charge < -0.3 is 44.5 Å². The maximum atomic E-state index is 10.4. The van der Waals surface area contributed by atoms with Crippen molar-refractivity contribution in [2.24, 2.45) is 0 Å². The Kier molecular flexibility index (Phi) is 8.99. The first-order valence-corrected chi connectivity index (χ1v) is 8.94. The molecule has 10 heteroatoms. The molecule has 0 bridgehead atoms. The minimum atomic E-state index is -1.56. The van der Waals surface area contributed by atoms with Crippen LogP contribution < -0.4 is 9.47 Å². The van der Waals surface area contributed by atoms with E-state index in [2.05, 4.69) is 0 Å². The van der Waals surface area contributed by atoms with Crippen LogP contribution in [-0.4, -0.2) is 95.6 Å². The summed E-state index contributed by atoms with van der Waals surface area (Å²) in [7, 11) is 1.44. The van der Waals surface area contributed by atoms with Gasteiger partial charge in [0, 0.05) is 0 Å². The third-order valence-electron chi connectivity index (χ3n) is 4.35. The summed E-state index contributed by atoms with van der Waals surface area (Å²) in [5.74, 6) is 0.677. The molecular formula is C19H26O10. The zero-order chi connectivity index (χ0) is 21.4.